The Morgan fingerprint density at radius 1 is 1.50 bits per heavy atom. The summed E-state index contributed by atoms with van der Waals surface area (Å²) < 4.78 is 4.83. The van der Waals surface area contributed by atoms with Gasteiger partial charge in [-0.05, 0) is 6.92 Å². The van der Waals surface area contributed by atoms with E-state index in [1.807, 2.05) is 0 Å². The minimum absolute atomic E-state index is 0.103. The van der Waals surface area contributed by atoms with Crippen LogP contribution in [0.3, 0.4) is 0 Å². The second kappa shape index (κ2) is 7.78. The molecule has 18 heavy (non-hydrogen) atoms. The smallest absolute Gasteiger partial charge is 0.357 e. The Kier molecular flexibility index (Phi) is 6.31. The molecule has 0 atom stereocenters. The number of aliphatic carboxylic acids is 1. The maximum Gasteiger partial charge on any atom is 0.357 e. The highest BCUT2D eigenvalue weighted by molar-refractivity contribution is 7.09. The molecule has 1 rings (SSSR count). The van der Waals surface area contributed by atoms with Crippen molar-refractivity contribution in [2.45, 2.75) is 19.8 Å². The molecule has 100 valence electrons. The number of carboxylic acids is 1. The summed E-state index contributed by atoms with van der Waals surface area (Å²) >= 11 is 1.40. The van der Waals surface area contributed by atoms with Crippen LogP contribution in [-0.2, 0) is 16.0 Å². The lowest BCUT2D eigenvalue weighted by atomic mass is 10.4. The second-order valence-electron chi connectivity index (χ2n) is 3.49. The van der Waals surface area contributed by atoms with Crippen LogP contribution in [0.25, 0.3) is 0 Å². The van der Waals surface area contributed by atoms with Crippen LogP contribution in [0, 0.1) is 0 Å². The number of ether oxygens (including phenoxy) is 1. The number of rotatable bonds is 8. The number of nitrogens with one attached hydrogen (secondary N) is 1. The molecule has 7 heteroatoms. The van der Waals surface area contributed by atoms with E-state index < -0.39 is 11.9 Å². The van der Waals surface area contributed by atoms with Gasteiger partial charge in [-0.1, -0.05) is 0 Å². The van der Waals surface area contributed by atoms with Gasteiger partial charge in [0.25, 0.3) is 0 Å². The SMILES string of the molecule is CCOC(=O)c1csc(CCNCCC(=O)O)n1. The molecule has 2 N–H and O–H groups in total. The van der Waals surface area contributed by atoms with Gasteiger partial charge in [0, 0.05) is 24.9 Å². The van der Waals surface area contributed by atoms with Crippen LogP contribution in [0.15, 0.2) is 5.38 Å². The molecule has 6 nitrogen and oxygen atoms in total. The lowest BCUT2D eigenvalue weighted by Crippen LogP contribution is -2.20. The van der Waals surface area contributed by atoms with E-state index in [-0.39, 0.29) is 6.42 Å². The van der Waals surface area contributed by atoms with Crippen LogP contribution in [-0.4, -0.2) is 41.7 Å². The Balaban J connectivity index is 2.27. The van der Waals surface area contributed by atoms with E-state index in [1.165, 1.54) is 11.3 Å². The largest absolute Gasteiger partial charge is 0.481 e. The number of thiazole rings is 1. The van der Waals surface area contributed by atoms with E-state index in [0.717, 1.165) is 5.01 Å². The third-order valence-electron chi connectivity index (χ3n) is 2.07. The number of esters is 1. The van der Waals surface area contributed by atoms with Gasteiger partial charge in [0.05, 0.1) is 18.0 Å². The van der Waals surface area contributed by atoms with Gasteiger partial charge in [0.1, 0.15) is 0 Å². The molecule has 0 amide bonds. The Morgan fingerprint density at radius 3 is 2.94 bits per heavy atom. The van der Waals surface area contributed by atoms with Crippen molar-refractivity contribution in [1.82, 2.24) is 10.3 Å². The number of nitrogens with zero attached hydrogens (tertiary/aromatic N) is 1. The quantitative estimate of drug-likeness (QED) is 0.540. The Bertz CT molecular complexity index is 406. The predicted octanol–water partition coefficient (Wildman–Crippen LogP) is 0.927. The number of hydrogen-bond donors (Lipinski definition) is 2. The normalized spacial score (nSPS) is 10.3. The molecule has 0 saturated heterocycles. The molecule has 1 aromatic rings. The zero-order valence-electron chi connectivity index (χ0n) is 10.1. The molecule has 0 bridgehead atoms. The lowest BCUT2D eigenvalue weighted by Gasteiger charge is -2.00. The minimum Gasteiger partial charge on any atom is -0.481 e. The molecular formula is C11H16N2O4S. The summed E-state index contributed by atoms with van der Waals surface area (Å²) in [5.74, 6) is -1.22. The van der Waals surface area contributed by atoms with Crippen LogP contribution in [0.2, 0.25) is 0 Å². The number of hydrogen-bond acceptors (Lipinski definition) is 6. The third-order valence-corrected chi connectivity index (χ3v) is 2.98. The van der Waals surface area contributed by atoms with E-state index in [2.05, 4.69) is 10.3 Å². The number of aromatic nitrogens is 1. The van der Waals surface area contributed by atoms with Gasteiger partial charge in [0.15, 0.2) is 5.69 Å². The van der Waals surface area contributed by atoms with E-state index >= 15 is 0 Å². The van der Waals surface area contributed by atoms with Gasteiger partial charge in [0.2, 0.25) is 0 Å². The van der Waals surface area contributed by atoms with Crippen LogP contribution < -0.4 is 5.32 Å². The molecule has 0 saturated carbocycles. The summed E-state index contributed by atoms with van der Waals surface area (Å²) in [5.41, 5.74) is 0.336. The van der Waals surface area contributed by atoms with Gasteiger partial charge < -0.3 is 15.2 Å². The highest BCUT2D eigenvalue weighted by atomic mass is 32.1. The number of carbonyl (C=O) groups is 2. The summed E-state index contributed by atoms with van der Waals surface area (Å²) in [5, 5.41) is 13.9. The van der Waals surface area contributed by atoms with Crippen LogP contribution in [0.5, 0.6) is 0 Å². The molecule has 0 aromatic carbocycles. The highest BCUT2D eigenvalue weighted by Gasteiger charge is 2.10. The van der Waals surface area contributed by atoms with Crippen LogP contribution >= 0.6 is 11.3 Å². The van der Waals surface area contributed by atoms with Crippen molar-refractivity contribution in [2.24, 2.45) is 0 Å². The lowest BCUT2D eigenvalue weighted by molar-refractivity contribution is -0.136. The summed E-state index contributed by atoms with van der Waals surface area (Å²) in [7, 11) is 0. The molecule has 0 unspecified atom stereocenters. The predicted molar refractivity (Wildman–Crippen MR) is 66.9 cm³/mol. The van der Waals surface area contributed by atoms with Gasteiger partial charge in [-0.2, -0.15) is 0 Å². The fraction of sp³-hybridized carbons (Fsp3) is 0.545. The summed E-state index contributed by atoms with van der Waals surface area (Å²) in [6, 6.07) is 0. The molecule has 0 aliphatic heterocycles. The van der Waals surface area contributed by atoms with Gasteiger partial charge in [-0.3, -0.25) is 4.79 Å². The van der Waals surface area contributed by atoms with E-state index in [1.54, 1.807) is 12.3 Å². The zero-order chi connectivity index (χ0) is 13.4. The summed E-state index contributed by atoms with van der Waals surface area (Å²) in [4.78, 5) is 25.8. The zero-order valence-corrected chi connectivity index (χ0v) is 11.0. The van der Waals surface area contributed by atoms with Gasteiger partial charge >= 0.3 is 11.9 Å². The first-order valence-electron chi connectivity index (χ1n) is 5.67. The third kappa shape index (κ3) is 5.24. The van der Waals surface area contributed by atoms with Crippen LogP contribution in [0.4, 0.5) is 0 Å². The maximum absolute atomic E-state index is 11.4. The van der Waals surface area contributed by atoms with Crippen LogP contribution in [0.1, 0.15) is 28.8 Å². The second-order valence-corrected chi connectivity index (χ2v) is 4.43. The molecule has 0 spiro atoms. The number of carboxylic acid groups (broad SMARTS) is 1. The minimum atomic E-state index is -0.818. The average Bonchev–Trinajstić information content (AvgIpc) is 2.77. The molecule has 1 aromatic heterocycles. The van der Waals surface area contributed by atoms with Crippen molar-refractivity contribution in [3.05, 3.63) is 16.1 Å². The summed E-state index contributed by atoms with van der Waals surface area (Å²) in [6.45, 7) is 3.16. The van der Waals surface area contributed by atoms with Crippen molar-refractivity contribution < 1.29 is 19.4 Å². The summed E-state index contributed by atoms with van der Waals surface area (Å²) in [6.07, 6.45) is 0.773. The van der Waals surface area contributed by atoms with E-state index in [0.29, 0.717) is 31.8 Å². The molecule has 0 aliphatic carbocycles. The Morgan fingerprint density at radius 2 is 2.28 bits per heavy atom. The maximum atomic E-state index is 11.4. The molecule has 1 heterocycles. The first-order chi connectivity index (χ1) is 8.63. The highest BCUT2D eigenvalue weighted by Crippen LogP contribution is 2.11. The van der Waals surface area contributed by atoms with Crippen molar-refractivity contribution in [1.29, 1.82) is 0 Å². The van der Waals surface area contributed by atoms with Gasteiger partial charge in [-0.25, -0.2) is 9.78 Å². The standard InChI is InChI=1S/C11H16N2O4S/c1-2-17-11(16)8-7-18-9(13-8)3-5-12-6-4-10(14)15/h7,12H,2-6H2,1H3,(H,14,15). The molecule has 0 fully saturated rings. The van der Waals surface area contributed by atoms with Crippen molar-refractivity contribution in [3.8, 4) is 0 Å². The fourth-order valence-electron chi connectivity index (χ4n) is 1.24. The number of carbonyl (C=O) groups excluding carboxylic acids is 1. The van der Waals surface area contributed by atoms with Crippen molar-refractivity contribution in [2.75, 3.05) is 19.7 Å². The first-order valence-corrected chi connectivity index (χ1v) is 6.55. The topological polar surface area (TPSA) is 88.5 Å². The van der Waals surface area contributed by atoms with Crippen molar-refractivity contribution in [3.63, 3.8) is 0 Å². The average molecular weight is 272 g/mol. The Labute approximate surface area is 109 Å². The Hall–Kier alpha value is -1.47. The van der Waals surface area contributed by atoms with E-state index in [9.17, 15) is 9.59 Å². The monoisotopic (exact) mass is 272 g/mol. The first kappa shape index (κ1) is 14.6. The molecule has 0 aliphatic rings. The molecule has 0 radical (unpaired) electrons. The fourth-order valence-corrected chi connectivity index (χ4v) is 2.01. The van der Waals surface area contributed by atoms with Crippen molar-refractivity contribution >= 4 is 23.3 Å². The molecular weight excluding hydrogens is 256 g/mol. The van der Waals surface area contributed by atoms with E-state index in [4.69, 9.17) is 9.84 Å². The van der Waals surface area contributed by atoms with Gasteiger partial charge in [-0.15, -0.1) is 11.3 Å².